The summed E-state index contributed by atoms with van der Waals surface area (Å²) in [6.45, 7) is 13.4. The summed E-state index contributed by atoms with van der Waals surface area (Å²) < 4.78 is 5.05. The molecule has 1 aromatic rings. The van der Waals surface area contributed by atoms with Crippen LogP contribution in [0.1, 0.15) is 44.7 Å². The van der Waals surface area contributed by atoms with E-state index in [0.29, 0.717) is 19.0 Å². The van der Waals surface area contributed by atoms with Crippen LogP contribution in [-0.4, -0.2) is 17.7 Å². The minimum absolute atomic E-state index is 0.0837. The first-order chi connectivity index (χ1) is 8.74. The largest absolute Gasteiger partial charge is 0.361 e. The molecule has 0 aromatic carbocycles. The van der Waals surface area contributed by atoms with Gasteiger partial charge in [0.2, 0.25) is 0 Å². The summed E-state index contributed by atoms with van der Waals surface area (Å²) >= 11 is 0. The molecule has 0 unspecified atom stereocenters. The van der Waals surface area contributed by atoms with Crippen LogP contribution >= 0.6 is 0 Å². The number of aromatic nitrogens is 1. The van der Waals surface area contributed by atoms with Gasteiger partial charge in [0.15, 0.2) is 0 Å². The summed E-state index contributed by atoms with van der Waals surface area (Å²) in [6.07, 6.45) is 0. The first-order valence-electron chi connectivity index (χ1n) is 6.67. The number of hydrogen-bond donors (Lipinski definition) is 2. The zero-order valence-electron chi connectivity index (χ0n) is 12.8. The van der Waals surface area contributed by atoms with E-state index in [2.05, 4.69) is 43.5 Å². The van der Waals surface area contributed by atoms with Crippen LogP contribution < -0.4 is 10.6 Å². The Hall–Kier alpha value is -1.52. The fourth-order valence-electron chi connectivity index (χ4n) is 1.50. The summed E-state index contributed by atoms with van der Waals surface area (Å²) in [5.41, 5.74) is 1.85. The van der Waals surface area contributed by atoms with E-state index in [1.807, 2.05) is 13.8 Å². The number of hydrogen-bond acceptors (Lipinski definition) is 3. The second-order valence-corrected chi connectivity index (χ2v) is 5.98. The molecule has 0 spiro atoms. The molecule has 1 aromatic heterocycles. The predicted octanol–water partition coefficient (Wildman–Crippen LogP) is 2.77. The highest BCUT2D eigenvalue weighted by Crippen LogP contribution is 2.24. The quantitative estimate of drug-likeness (QED) is 0.862. The standard InChI is InChI=1S/C14H25N3O2/c1-9(2)14(5,6)8-16-13(18)15-7-12-10(3)17-19-11(12)4/h9H,7-8H2,1-6H3,(H2,15,16,18). The van der Waals surface area contributed by atoms with Gasteiger partial charge in [-0.25, -0.2) is 4.79 Å². The lowest BCUT2D eigenvalue weighted by atomic mass is 9.81. The van der Waals surface area contributed by atoms with E-state index in [4.69, 9.17) is 4.52 Å². The summed E-state index contributed by atoms with van der Waals surface area (Å²) in [6, 6.07) is -0.159. The Morgan fingerprint density at radius 2 is 1.95 bits per heavy atom. The zero-order chi connectivity index (χ0) is 14.6. The lowest BCUT2D eigenvalue weighted by molar-refractivity contribution is 0.215. The first kappa shape index (κ1) is 15.5. The summed E-state index contributed by atoms with van der Waals surface area (Å²) in [5.74, 6) is 1.26. The van der Waals surface area contributed by atoms with Crippen LogP contribution in [-0.2, 0) is 6.54 Å². The van der Waals surface area contributed by atoms with Crippen molar-refractivity contribution < 1.29 is 9.32 Å². The number of nitrogens with zero attached hydrogens (tertiary/aromatic N) is 1. The molecule has 0 atom stereocenters. The Balaban J connectivity index is 2.41. The number of carbonyl (C=O) groups is 1. The molecule has 0 aliphatic heterocycles. The minimum atomic E-state index is -0.159. The van der Waals surface area contributed by atoms with Crippen LogP contribution in [0.2, 0.25) is 0 Å². The van der Waals surface area contributed by atoms with Crippen LogP contribution in [0, 0.1) is 25.2 Å². The van der Waals surface area contributed by atoms with Gasteiger partial charge in [-0.1, -0.05) is 32.9 Å². The maximum Gasteiger partial charge on any atom is 0.315 e. The number of nitrogens with one attached hydrogen (secondary N) is 2. The molecule has 0 aliphatic carbocycles. The Morgan fingerprint density at radius 1 is 1.32 bits per heavy atom. The molecule has 0 saturated heterocycles. The monoisotopic (exact) mass is 267 g/mol. The average molecular weight is 267 g/mol. The van der Waals surface area contributed by atoms with Gasteiger partial charge in [-0.05, 0) is 25.2 Å². The minimum Gasteiger partial charge on any atom is -0.361 e. The molecule has 1 rings (SSSR count). The molecular weight excluding hydrogens is 242 g/mol. The molecule has 0 radical (unpaired) electrons. The van der Waals surface area contributed by atoms with E-state index in [1.165, 1.54) is 0 Å². The van der Waals surface area contributed by atoms with Crippen molar-refractivity contribution in [3.8, 4) is 0 Å². The number of amides is 2. The highest BCUT2D eigenvalue weighted by Gasteiger charge is 2.22. The molecule has 0 fully saturated rings. The smallest absolute Gasteiger partial charge is 0.315 e. The predicted molar refractivity (Wildman–Crippen MR) is 74.8 cm³/mol. The molecule has 0 saturated carbocycles. The topological polar surface area (TPSA) is 67.2 Å². The van der Waals surface area contributed by atoms with Gasteiger partial charge in [-0.2, -0.15) is 0 Å². The summed E-state index contributed by atoms with van der Waals surface area (Å²) in [4.78, 5) is 11.8. The fraction of sp³-hybridized carbons (Fsp3) is 0.714. The van der Waals surface area contributed by atoms with Gasteiger partial charge in [0.1, 0.15) is 5.76 Å². The Kier molecular flexibility index (Phi) is 4.97. The van der Waals surface area contributed by atoms with Gasteiger partial charge in [-0.3, -0.25) is 0 Å². The lowest BCUT2D eigenvalue weighted by Gasteiger charge is -2.29. The second kappa shape index (κ2) is 6.08. The third-order valence-corrected chi connectivity index (χ3v) is 3.87. The van der Waals surface area contributed by atoms with Crippen molar-refractivity contribution in [1.29, 1.82) is 0 Å². The van der Waals surface area contributed by atoms with Crippen LogP contribution in [0.15, 0.2) is 4.52 Å². The molecule has 5 nitrogen and oxygen atoms in total. The van der Waals surface area contributed by atoms with Gasteiger partial charge in [0.25, 0.3) is 0 Å². The second-order valence-electron chi connectivity index (χ2n) is 5.98. The number of aryl methyl sites for hydroxylation is 2. The maximum atomic E-state index is 11.8. The van der Waals surface area contributed by atoms with Crippen LogP contribution in [0.3, 0.4) is 0 Å². The molecule has 2 amide bonds. The number of carbonyl (C=O) groups excluding carboxylic acids is 1. The van der Waals surface area contributed by atoms with E-state index in [1.54, 1.807) is 0 Å². The molecule has 5 heteroatoms. The van der Waals surface area contributed by atoms with Crippen LogP contribution in [0.4, 0.5) is 4.79 Å². The van der Waals surface area contributed by atoms with Crippen molar-refractivity contribution in [1.82, 2.24) is 15.8 Å². The van der Waals surface area contributed by atoms with Crippen molar-refractivity contribution in [3.05, 3.63) is 17.0 Å². The number of rotatable bonds is 5. The van der Waals surface area contributed by atoms with Crippen molar-refractivity contribution >= 4 is 6.03 Å². The molecule has 19 heavy (non-hydrogen) atoms. The Bertz CT molecular complexity index is 416. The average Bonchev–Trinajstić information content (AvgIpc) is 2.64. The molecule has 1 heterocycles. The van der Waals surface area contributed by atoms with Gasteiger partial charge in [0.05, 0.1) is 5.69 Å². The zero-order valence-corrected chi connectivity index (χ0v) is 12.8. The SMILES string of the molecule is Cc1noc(C)c1CNC(=O)NCC(C)(C)C(C)C. The Labute approximate surface area is 115 Å². The fourth-order valence-corrected chi connectivity index (χ4v) is 1.50. The van der Waals surface area contributed by atoms with Crippen molar-refractivity contribution in [3.63, 3.8) is 0 Å². The summed E-state index contributed by atoms with van der Waals surface area (Å²) in [7, 11) is 0. The van der Waals surface area contributed by atoms with Crippen LogP contribution in [0.5, 0.6) is 0 Å². The lowest BCUT2D eigenvalue weighted by Crippen LogP contribution is -2.42. The highest BCUT2D eigenvalue weighted by molar-refractivity contribution is 5.73. The van der Waals surface area contributed by atoms with Crippen molar-refractivity contribution in [2.24, 2.45) is 11.3 Å². The van der Waals surface area contributed by atoms with E-state index < -0.39 is 0 Å². The third kappa shape index (κ3) is 4.26. The van der Waals surface area contributed by atoms with E-state index in [-0.39, 0.29) is 11.4 Å². The molecular formula is C14H25N3O2. The van der Waals surface area contributed by atoms with E-state index in [9.17, 15) is 4.79 Å². The van der Waals surface area contributed by atoms with Gasteiger partial charge in [-0.15, -0.1) is 0 Å². The Morgan fingerprint density at radius 3 is 2.42 bits per heavy atom. The van der Waals surface area contributed by atoms with Gasteiger partial charge < -0.3 is 15.2 Å². The number of urea groups is 1. The van der Waals surface area contributed by atoms with Crippen molar-refractivity contribution in [2.45, 2.75) is 48.1 Å². The summed E-state index contributed by atoms with van der Waals surface area (Å²) in [5, 5.41) is 9.59. The van der Waals surface area contributed by atoms with E-state index >= 15 is 0 Å². The molecule has 108 valence electrons. The third-order valence-electron chi connectivity index (χ3n) is 3.87. The maximum absolute atomic E-state index is 11.8. The highest BCUT2D eigenvalue weighted by atomic mass is 16.5. The molecule has 2 N–H and O–H groups in total. The normalized spacial score (nSPS) is 11.7. The first-order valence-corrected chi connectivity index (χ1v) is 6.67. The molecule has 0 bridgehead atoms. The van der Waals surface area contributed by atoms with Crippen LogP contribution in [0.25, 0.3) is 0 Å². The van der Waals surface area contributed by atoms with Gasteiger partial charge >= 0.3 is 6.03 Å². The molecule has 0 aliphatic rings. The van der Waals surface area contributed by atoms with Gasteiger partial charge in [0, 0.05) is 18.7 Å². The van der Waals surface area contributed by atoms with Crippen molar-refractivity contribution in [2.75, 3.05) is 6.54 Å². The van der Waals surface area contributed by atoms with E-state index in [0.717, 1.165) is 17.0 Å².